The number of benzene rings is 2. The van der Waals surface area contributed by atoms with Crippen LogP contribution in [0.5, 0.6) is 0 Å². The highest BCUT2D eigenvalue weighted by Gasteiger charge is 2.33. The molecule has 0 bridgehead atoms. The Morgan fingerprint density at radius 1 is 0.574 bits per heavy atom. The summed E-state index contributed by atoms with van der Waals surface area (Å²) in [7, 11) is 0. The molecule has 0 unspecified atom stereocenters. The number of nitrogens with zero attached hydrogens (tertiary/aromatic N) is 2. The van der Waals surface area contributed by atoms with Crippen LogP contribution in [0.3, 0.4) is 0 Å². The van der Waals surface area contributed by atoms with Crippen molar-refractivity contribution in [1.29, 1.82) is 0 Å². The lowest BCUT2D eigenvalue weighted by Crippen LogP contribution is -2.32. The van der Waals surface area contributed by atoms with Crippen molar-refractivity contribution in [3.63, 3.8) is 0 Å². The summed E-state index contributed by atoms with van der Waals surface area (Å²) in [6, 6.07) is 23.8. The van der Waals surface area contributed by atoms with Crippen molar-refractivity contribution in [2.45, 2.75) is 208 Å². The van der Waals surface area contributed by atoms with Crippen LogP contribution in [0.4, 0.5) is 11.4 Å². The zero-order chi connectivity index (χ0) is 47.6. The molecule has 2 fully saturated rings. The Hall–Kier alpha value is -4.36. The Balaban J connectivity index is 0.000000350. The van der Waals surface area contributed by atoms with Crippen molar-refractivity contribution in [3.8, 4) is 0 Å². The van der Waals surface area contributed by atoms with Gasteiger partial charge in [-0.3, -0.25) is 9.59 Å². The zero-order valence-corrected chi connectivity index (χ0v) is 41.8. The van der Waals surface area contributed by atoms with Crippen molar-refractivity contribution in [3.05, 3.63) is 103 Å². The SMILES string of the molecule is C.C.CCCCC[C@@H](O)c1ccc(N2C(=O)CC[C@@H]2CCCc2ccc(C(=O)OC(C)C)s2)cc1.CCCCC[C@H](O)c1ccc(N2C(=O)CC[C@@H]2CCCc2ccc(C(=O)OC(C)C)s2)cc1. The van der Waals surface area contributed by atoms with Crippen molar-refractivity contribution in [2.24, 2.45) is 0 Å². The Morgan fingerprint density at radius 2 is 0.941 bits per heavy atom. The fourth-order valence-electron chi connectivity index (χ4n) is 8.78. The quantitative estimate of drug-likeness (QED) is 0.0524. The summed E-state index contributed by atoms with van der Waals surface area (Å²) in [5, 5.41) is 20.8. The van der Waals surface area contributed by atoms with Crippen LogP contribution < -0.4 is 9.80 Å². The Labute approximate surface area is 416 Å². The number of hydrogen-bond acceptors (Lipinski definition) is 10. The minimum absolute atomic E-state index is 0. The maximum atomic E-state index is 12.6. The van der Waals surface area contributed by atoms with Crippen LogP contribution in [0, 0.1) is 0 Å². The van der Waals surface area contributed by atoms with Crippen molar-refractivity contribution in [2.75, 3.05) is 9.80 Å². The molecular weight excluding hydrogens is 893 g/mol. The first-order chi connectivity index (χ1) is 31.8. The summed E-state index contributed by atoms with van der Waals surface area (Å²) >= 11 is 2.99. The number of aliphatic hydroxyl groups excluding tert-OH is 2. The molecule has 2 aromatic carbocycles. The molecule has 2 aliphatic heterocycles. The van der Waals surface area contributed by atoms with Crippen molar-refractivity contribution >= 4 is 57.8 Å². The third kappa shape index (κ3) is 17.6. The molecular formula is C56H82N2O8S2. The number of thiophene rings is 2. The standard InChI is InChI=1S/2C27H37NO4S.2CH4/c2*1-4-5-6-10-24(29)20-11-13-22(14-12-20)28-21(15-18-26(28)30)8-7-9-23-16-17-25(33-23)27(31)32-19(2)3;;/h2*11-14,16-17,19,21,24,29H,4-10,15,18H2,1-3H3;2*1H4/t21-,24+;21-,24-;;/m00../s1. The molecule has 2 aromatic heterocycles. The Morgan fingerprint density at radius 3 is 1.28 bits per heavy atom. The van der Waals surface area contributed by atoms with Crippen LogP contribution in [-0.4, -0.2) is 58.3 Å². The van der Waals surface area contributed by atoms with Crippen LogP contribution in [0.1, 0.15) is 212 Å². The molecule has 12 heteroatoms. The highest BCUT2D eigenvalue weighted by molar-refractivity contribution is 7.14. The topological polar surface area (TPSA) is 134 Å². The fraction of sp³-hybridized carbons (Fsp3) is 0.571. The van der Waals surface area contributed by atoms with E-state index in [9.17, 15) is 29.4 Å². The predicted molar refractivity (Wildman–Crippen MR) is 281 cm³/mol. The maximum Gasteiger partial charge on any atom is 0.348 e. The van der Waals surface area contributed by atoms with E-state index in [-0.39, 0.29) is 62.9 Å². The lowest BCUT2D eigenvalue weighted by molar-refractivity contribution is -0.118. The highest BCUT2D eigenvalue weighted by Crippen LogP contribution is 2.34. The molecule has 0 spiro atoms. The number of ether oxygens (including phenoxy) is 2. The number of rotatable bonds is 24. The Bertz CT molecular complexity index is 1960. The minimum Gasteiger partial charge on any atom is -0.459 e. The summed E-state index contributed by atoms with van der Waals surface area (Å²) in [6.45, 7) is 11.7. The Kier molecular flexibility index (Phi) is 25.2. The summed E-state index contributed by atoms with van der Waals surface area (Å²) in [5.41, 5.74) is 3.67. The number of hydrogen-bond donors (Lipinski definition) is 2. The smallest absolute Gasteiger partial charge is 0.348 e. The number of carbonyl (C=O) groups excluding carboxylic acids is 4. The van der Waals surface area contributed by atoms with Gasteiger partial charge in [-0.2, -0.15) is 0 Å². The summed E-state index contributed by atoms with van der Waals surface area (Å²) in [5.74, 6) is -0.169. The van der Waals surface area contributed by atoms with E-state index in [4.69, 9.17) is 9.47 Å². The van der Waals surface area contributed by atoms with Gasteiger partial charge in [0.1, 0.15) is 9.75 Å². The van der Waals surface area contributed by atoms with Crippen molar-refractivity contribution in [1.82, 2.24) is 0 Å². The molecule has 4 aromatic rings. The third-order valence-corrected chi connectivity index (χ3v) is 14.5. The van der Waals surface area contributed by atoms with Gasteiger partial charge in [-0.15, -0.1) is 22.7 Å². The van der Waals surface area contributed by atoms with E-state index >= 15 is 0 Å². The van der Waals surface area contributed by atoms with Crippen LogP contribution in [0.25, 0.3) is 0 Å². The van der Waals surface area contributed by atoms with E-state index in [1.165, 1.54) is 32.4 Å². The van der Waals surface area contributed by atoms with Gasteiger partial charge in [0.15, 0.2) is 0 Å². The fourth-order valence-corrected chi connectivity index (χ4v) is 10.6. The first-order valence-electron chi connectivity index (χ1n) is 24.6. The second-order valence-corrected chi connectivity index (χ2v) is 20.7. The van der Waals surface area contributed by atoms with E-state index in [1.54, 1.807) is 0 Å². The number of aryl methyl sites for hydroxylation is 2. The van der Waals surface area contributed by atoms with Gasteiger partial charge in [-0.25, -0.2) is 9.59 Å². The number of anilines is 2. The molecule has 6 rings (SSSR count). The van der Waals surface area contributed by atoms with Gasteiger partial charge in [0.05, 0.1) is 24.4 Å². The predicted octanol–water partition coefficient (Wildman–Crippen LogP) is 14.2. The molecule has 68 heavy (non-hydrogen) atoms. The number of unbranched alkanes of at least 4 members (excludes halogenated alkanes) is 4. The van der Waals surface area contributed by atoms with Crippen LogP contribution in [0.15, 0.2) is 72.8 Å². The molecule has 4 heterocycles. The first-order valence-corrected chi connectivity index (χ1v) is 26.2. The zero-order valence-electron chi connectivity index (χ0n) is 40.2. The second-order valence-electron chi connectivity index (χ2n) is 18.3. The third-order valence-electron chi connectivity index (χ3n) is 12.3. The van der Waals surface area contributed by atoms with Gasteiger partial charge in [0.2, 0.25) is 11.8 Å². The van der Waals surface area contributed by atoms with Crippen LogP contribution >= 0.6 is 22.7 Å². The van der Waals surface area contributed by atoms with E-state index in [2.05, 4.69) is 13.8 Å². The number of amides is 2. The van der Waals surface area contributed by atoms with Gasteiger partial charge in [-0.1, -0.05) is 91.5 Å². The van der Waals surface area contributed by atoms with Gasteiger partial charge < -0.3 is 29.5 Å². The molecule has 0 saturated carbocycles. The molecule has 376 valence electrons. The van der Waals surface area contributed by atoms with E-state index in [0.29, 0.717) is 22.6 Å². The molecule has 10 nitrogen and oxygen atoms in total. The van der Waals surface area contributed by atoms with Gasteiger partial charge >= 0.3 is 11.9 Å². The lowest BCUT2D eigenvalue weighted by Gasteiger charge is -2.25. The highest BCUT2D eigenvalue weighted by atomic mass is 32.1. The second kappa shape index (κ2) is 29.6. The molecule has 2 N–H and O–H groups in total. The van der Waals surface area contributed by atoms with Crippen LogP contribution in [0.2, 0.25) is 0 Å². The van der Waals surface area contributed by atoms with Gasteiger partial charge in [-0.05, 0) is 152 Å². The number of esters is 2. The van der Waals surface area contributed by atoms with E-state index < -0.39 is 12.2 Å². The van der Waals surface area contributed by atoms with Crippen molar-refractivity contribution < 1.29 is 38.9 Å². The average molecular weight is 975 g/mol. The van der Waals surface area contributed by atoms with E-state index in [0.717, 1.165) is 125 Å². The van der Waals surface area contributed by atoms with Gasteiger partial charge in [0, 0.05) is 46.1 Å². The minimum atomic E-state index is -0.441. The molecule has 2 aliphatic rings. The molecule has 0 aliphatic carbocycles. The largest absolute Gasteiger partial charge is 0.459 e. The van der Waals surface area contributed by atoms with Crippen LogP contribution in [-0.2, 0) is 31.9 Å². The van der Waals surface area contributed by atoms with Gasteiger partial charge in [0.25, 0.3) is 0 Å². The molecule has 0 radical (unpaired) electrons. The molecule has 4 atom stereocenters. The summed E-state index contributed by atoms with van der Waals surface area (Å²) in [6.07, 6.45) is 15.5. The first kappa shape index (κ1) is 58.0. The molecule has 2 amide bonds. The maximum absolute atomic E-state index is 12.6. The van der Waals surface area contributed by atoms with E-state index in [1.807, 2.05) is 110 Å². The molecule has 2 saturated heterocycles. The summed E-state index contributed by atoms with van der Waals surface area (Å²) in [4.78, 5) is 56.8. The number of carbonyl (C=O) groups is 4. The lowest BCUT2D eigenvalue weighted by atomic mass is 10.0. The average Bonchev–Trinajstić information content (AvgIpc) is 4.12. The normalized spacial score (nSPS) is 16.6. The monoisotopic (exact) mass is 975 g/mol. The number of aliphatic hydroxyl groups is 2. The summed E-state index contributed by atoms with van der Waals surface area (Å²) < 4.78 is 10.5.